The van der Waals surface area contributed by atoms with Crippen molar-refractivity contribution in [3.63, 3.8) is 0 Å². The van der Waals surface area contributed by atoms with E-state index in [0.29, 0.717) is 33.2 Å². The topological polar surface area (TPSA) is 12.5 Å². The normalized spacial score (nSPS) is 61.6. The third-order valence-corrected chi connectivity index (χ3v) is 14.0. The summed E-state index contributed by atoms with van der Waals surface area (Å²) in [4.78, 5) is 0. The zero-order valence-corrected chi connectivity index (χ0v) is 21.9. The van der Waals surface area contributed by atoms with Gasteiger partial charge in [0.15, 0.2) is 0 Å². The van der Waals surface area contributed by atoms with Crippen molar-refractivity contribution in [2.75, 3.05) is 0 Å². The Bertz CT molecular complexity index is 783. The van der Waals surface area contributed by atoms with Crippen LogP contribution in [0.2, 0.25) is 0 Å². The van der Waals surface area contributed by atoms with E-state index >= 15 is 0 Å². The highest BCUT2D eigenvalue weighted by Crippen LogP contribution is 2.83. The second kappa shape index (κ2) is 5.95. The number of hydrogen-bond donors (Lipinski definition) is 0. The van der Waals surface area contributed by atoms with Gasteiger partial charge in [-0.25, -0.2) is 0 Å². The molecule has 6 fully saturated rings. The van der Waals surface area contributed by atoms with Crippen LogP contribution in [-0.2, 0) is 4.74 Å². The van der Waals surface area contributed by atoms with Gasteiger partial charge in [-0.1, -0.05) is 61.8 Å². The predicted molar refractivity (Wildman–Crippen MR) is 129 cm³/mol. The number of epoxide rings is 1. The van der Waals surface area contributed by atoms with Gasteiger partial charge in [-0.3, -0.25) is 0 Å². The average Bonchev–Trinajstić information content (AvgIpc) is 3.25. The van der Waals surface area contributed by atoms with Crippen LogP contribution < -0.4 is 0 Å². The first-order valence-electron chi connectivity index (χ1n) is 14.0. The highest BCUT2D eigenvalue weighted by Gasteiger charge is 2.83. The summed E-state index contributed by atoms with van der Waals surface area (Å²) in [6.07, 6.45) is 14.9. The molecule has 5 saturated carbocycles. The molecule has 31 heavy (non-hydrogen) atoms. The minimum Gasteiger partial charge on any atom is -0.365 e. The molecular weight excluding hydrogens is 376 g/mol. The summed E-state index contributed by atoms with van der Waals surface area (Å²) in [6.45, 7) is 21.1. The summed E-state index contributed by atoms with van der Waals surface area (Å²) in [5, 5.41) is 0. The first-order chi connectivity index (χ1) is 14.4. The van der Waals surface area contributed by atoms with E-state index < -0.39 is 0 Å². The molecule has 0 aromatic carbocycles. The molecule has 0 N–H and O–H groups in total. The molecule has 1 heteroatoms. The molecule has 1 heterocycles. The van der Waals surface area contributed by atoms with Crippen molar-refractivity contribution >= 4 is 0 Å². The molecule has 6 aliphatic rings. The summed E-state index contributed by atoms with van der Waals surface area (Å²) >= 11 is 0. The van der Waals surface area contributed by atoms with Gasteiger partial charge in [0.25, 0.3) is 0 Å². The Kier molecular flexibility index (Phi) is 4.13. The van der Waals surface area contributed by atoms with Gasteiger partial charge in [-0.05, 0) is 109 Å². The van der Waals surface area contributed by atoms with E-state index in [-0.39, 0.29) is 5.60 Å². The molecule has 5 aliphatic carbocycles. The molecule has 3 unspecified atom stereocenters. The van der Waals surface area contributed by atoms with E-state index in [4.69, 9.17) is 4.74 Å². The number of hydrogen-bond acceptors (Lipinski definition) is 1. The molecule has 0 bridgehead atoms. The third-order valence-electron chi connectivity index (χ3n) is 14.0. The fraction of sp³-hybridized carbons (Fsp3) is 1.00. The van der Waals surface area contributed by atoms with Gasteiger partial charge in [-0.2, -0.15) is 0 Å². The van der Waals surface area contributed by atoms with Gasteiger partial charge < -0.3 is 4.74 Å². The van der Waals surface area contributed by atoms with Gasteiger partial charge in [0.2, 0.25) is 0 Å². The molecule has 176 valence electrons. The summed E-state index contributed by atoms with van der Waals surface area (Å²) in [5.74, 6) is 4.32. The van der Waals surface area contributed by atoms with E-state index in [9.17, 15) is 0 Å². The molecule has 6 rings (SSSR count). The van der Waals surface area contributed by atoms with Crippen LogP contribution >= 0.6 is 0 Å². The molecule has 1 nitrogen and oxygen atoms in total. The molecule has 0 amide bonds. The van der Waals surface area contributed by atoms with Gasteiger partial charge in [-0.15, -0.1) is 0 Å². The van der Waals surface area contributed by atoms with E-state index in [1.165, 1.54) is 64.2 Å². The second-order valence-corrected chi connectivity index (χ2v) is 15.4. The maximum absolute atomic E-state index is 7.11. The van der Waals surface area contributed by atoms with Crippen molar-refractivity contribution in [2.24, 2.45) is 56.7 Å². The van der Waals surface area contributed by atoms with Crippen molar-refractivity contribution in [2.45, 2.75) is 131 Å². The summed E-state index contributed by atoms with van der Waals surface area (Å²) in [6, 6.07) is 0. The molecule has 1 aliphatic heterocycles. The third kappa shape index (κ3) is 2.21. The lowest BCUT2D eigenvalue weighted by Crippen LogP contribution is -2.68. The van der Waals surface area contributed by atoms with Crippen LogP contribution in [0.1, 0.15) is 120 Å². The maximum Gasteiger partial charge on any atom is 0.104 e. The molecule has 0 radical (unpaired) electrons. The van der Waals surface area contributed by atoms with Gasteiger partial charge in [0.1, 0.15) is 5.60 Å². The summed E-state index contributed by atoms with van der Waals surface area (Å²) in [7, 11) is 0. The van der Waals surface area contributed by atoms with Crippen LogP contribution in [0.5, 0.6) is 0 Å². The Hall–Kier alpha value is -0.0400. The van der Waals surface area contributed by atoms with Crippen LogP contribution in [-0.4, -0.2) is 11.7 Å². The summed E-state index contributed by atoms with van der Waals surface area (Å²) in [5.41, 5.74) is 2.60. The fourth-order valence-corrected chi connectivity index (χ4v) is 12.6. The first-order valence-corrected chi connectivity index (χ1v) is 14.0. The zero-order chi connectivity index (χ0) is 22.2. The van der Waals surface area contributed by atoms with Crippen LogP contribution in [0, 0.1) is 56.7 Å². The maximum atomic E-state index is 7.11. The largest absolute Gasteiger partial charge is 0.365 e. The smallest absolute Gasteiger partial charge is 0.104 e. The Balaban J connectivity index is 1.41. The van der Waals surface area contributed by atoms with E-state index in [1.807, 2.05) is 0 Å². The van der Waals surface area contributed by atoms with Gasteiger partial charge >= 0.3 is 0 Å². The predicted octanol–water partition coefficient (Wildman–Crippen LogP) is 8.27. The van der Waals surface area contributed by atoms with Gasteiger partial charge in [0, 0.05) is 5.41 Å². The molecule has 10 atom stereocenters. The van der Waals surface area contributed by atoms with Crippen molar-refractivity contribution < 1.29 is 4.74 Å². The van der Waals surface area contributed by atoms with Crippen LogP contribution in [0.4, 0.5) is 0 Å². The highest BCUT2D eigenvalue weighted by molar-refractivity contribution is 5.31. The molecule has 1 spiro atoms. The Morgan fingerprint density at radius 3 is 2.06 bits per heavy atom. The van der Waals surface area contributed by atoms with Crippen molar-refractivity contribution in [1.82, 2.24) is 0 Å². The summed E-state index contributed by atoms with van der Waals surface area (Å²) < 4.78 is 7.11. The Labute approximate surface area is 192 Å². The standard InChI is InChI=1S/C30H50O/c1-19(2)20-10-11-22-26(20,5)16-17-27(6)23-13-12-21-25(3,4)14-9-15-28(21,7)30(23)24(31-30)18-29(22,27)8/h19-24H,9-18H2,1-8H3/t20-,21?,22?,23?,24-,26-,27-,28+,29+,30+/m1/s1. The minimum atomic E-state index is 0.214. The first kappa shape index (κ1) is 21.5. The van der Waals surface area contributed by atoms with E-state index in [1.54, 1.807) is 0 Å². The average molecular weight is 427 g/mol. The van der Waals surface area contributed by atoms with E-state index in [2.05, 4.69) is 55.4 Å². The monoisotopic (exact) mass is 426 g/mol. The Morgan fingerprint density at radius 1 is 0.677 bits per heavy atom. The number of fused-ring (bicyclic) bond motifs is 5. The lowest BCUT2D eigenvalue weighted by molar-refractivity contribution is -0.213. The van der Waals surface area contributed by atoms with Crippen molar-refractivity contribution in [3.8, 4) is 0 Å². The zero-order valence-electron chi connectivity index (χ0n) is 21.9. The number of ether oxygens (including phenoxy) is 1. The second-order valence-electron chi connectivity index (χ2n) is 15.4. The SMILES string of the molecule is CC(C)[C@H]1CCC2[C@]1(C)CC[C@]1(C)C3CCC4C(C)(C)CCC[C@]4(C)[C@]34O[C@@H]4C[C@@]21C. The van der Waals surface area contributed by atoms with Crippen LogP contribution in [0.25, 0.3) is 0 Å². The Morgan fingerprint density at radius 2 is 1.35 bits per heavy atom. The van der Waals surface area contributed by atoms with Gasteiger partial charge in [0.05, 0.1) is 6.10 Å². The quantitative estimate of drug-likeness (QED) is 0.384. The highest BCUT2D eigenvalue weighted by atomic mass is 16.6. The molecule has 0 aromatic heterocycles. The lowest BCUT2D eigenvalue weighted by Gasteiger charge is -2.70. The van der Waals surface area contributed by atoms with Crippen molar-refractivity contribution in [3.05, 3.63) is 0 Å². The van der Waals surface area contributed by atoms with E-state index in [0.717, 1.165) is 29.6 Å². The van der Waals surface area contributed by atoms with Crippen LogP contribution in [0.3, 0.4) is 0 Å². The molecule has 1 saturated heterocycles. The van der Waals surface area contributed by atoms with Crippen molar-refractivity contribution in [1.29, 1.82) is 0 Å². The number of rotatable bonds is 1. The lowest BCUT2D eigenvalue weighted by atomic mass is 9.33. The molecular formula is C30H50O. The minimum absolute atomic E-state index is 0.214. The van der Waals surface area contributed by atoms with Crippen LogP contribution in [0.15, 0.2) is 0 Å². The fourth-order valence-electron chi connectivity index (χ4n) is 12.6. The molecule has 0 aromatic rings.